The molecule has 0 amide bonds. The summed E-state index contributed by atoms with van der Waals surface area (Å²) in [7, 11) is 0. The highest BCUT2D eigenvalue weighted by Crippen LogP contribution is 2.36. The zero-order valence-corrected chi connectivity index (χ0v) is 14.0. The van der Waals surface area contributed by atoms with Crippen LogP contribution in [0.15, 0.2) is 55.1 Å². The van der Waals surface area contributed by atoms with Crippen LogP contribution in [0.4, 0.5) is 11.4 Å². The van der Waals surface area contributed by atoms with Crippen LogP contribution in [0.25, 0.3) is 0 Å². The zero-order valence-electron chi connectivity index (χ0n) is 14.0. The lowest BCUT2D eigenvalue weighted by Crippen LogP contribution is -2.24. The third kappa shape index (κ3) is 3.02. The average Bonchev–Trinajstić information content (AvgIpc) is 2.67. The minimum absolute atomic E-state index is 0.214. The maximum Gasteiger partial charge on any atom is 0.198 e. The molecule has 1 heterocycles. The van der Waals surface area contributed by atoms with Gasteiger partial charge in [0.25, 0.3) is 0 Å². The molecular weight excluding hydrogens is 330 g/mol. The van der Waals surface area contributed by atoms with Gasteiger partial charge in [-0.3, -0.25) is 14.6 Å². The lowest BCUT2D eigenvalue weighted by Gasteiger charge is -2.23. The highest BCUT2D eigenvalue weighted by atomic mass is 16.1. The van der Waals surface area contributed by atoms with Gasteiger partial charge in [-0.1, -0.05) is 0 Å². The van der Waals surface area contributed by atoms with Crippen LogP contribution in [0.5, 0.6) is 0 Å². The van der Waals surface area contributed by atoms with E-state index < -0.39 is 0 Å². The van der Waals surface area contributed by atoms with Gasteiger partial charge in [-0.05, 0) is 42.8 Å². The molecule has 7 heteroatoms. The first-order valence-electron chi connectivity index (χ1n) is 8.10. The minimum Gasteiger partial charge on any atom is -0.405 e. The number of carbonyl (C=O) groups excluding carboxylic acids is 2. The molecule has 0 fully saturated rings. The largest absolute Gasteiger partial charge is 0.405 e. The molecule has 1 aliphatic carbocycles. The molecule has 1 aromatic carbocycles. The second kappa shape index (κ2) is 7.52. The highest BCUT2D eigenvalue weighted by Gasteiger charge is 2.33. The van der Waals surface area contributed by atoms with Crippen LogP contribution in [-0.4, -0.2) is 29.6 Å². The Morgan fingerprint density at radius 1 is 0.846 bits per heavy atom. The molecule has 0 bridgehead atoms. The van der Waals surface area contributed by atoms with E-state index >= 15 is 0 Å². The molecular formula is C19H19N5O2. The van der Waals surface area contributed by atoms with Crippen molar-refractivity contribution < 1.29 is 9.59 Å². The van der Waals surface area contributed by atoms with Gasteiger partial charge in [0, 0.05) is 42.4 Å². The minimum atomic E-state index is -0.236. The number of nitrogens with two attached hydrogens (primary N) is 2. The SMILES string of the molecule is NC=CCNc1ccc(NCC=CN)c2c1C(=O)c1ccncc1C2=O. The first-order valence-corrected chi connectivity index (χ1v) is 8.10. The summed E-state index contributed by atoms with van der Waals surface area (Å²) < 4.78 is 0. The molecule has 26 heavy (non-hydrogen) atoms. The second-order valence-electron chi connectivity index (χ2n) is 5.61. The average molecular weight is 349 g/mol. The van der Waals surface area contributed by atoms with Crippen LogP contribution in [0, 0.1) is 0 Å². The smallest absolute Gasteiger partial charge is 0.198 e. The topological polar surface area (TPSA) is 123 Å². The number of fused-ring (bicyclic) bond motifs is 2. The van der Waals surface area contributed by atoms with Crippen molar-refractivity contribution in [3.05, 3.63) is 77.4 Å². The number of hydrogen-bond acceptors (Lipinski definition) is 7. The van der Waals surface area contributed by atoms with Gasteiger partial charge in [0.05, 0.1) is 16.7 Å². The number of benzene rings is 1. The summed E-state index contributed by atoms with van der Waals surface area (Å²) in [6.45, 7) is 0.878. The standard InChI is InChI=1S/C19H19N5O2/c20-6-1-8-23-14-3-4-15(24-9-2-7-21)17-16(14)18(25)12-5-10-22-11-13(12)19(17)26/h1-7,10-11,23-24H,8-9,20-21H2. The summed E-state index contributed by atoms with van der Waals surface area (Å²) in [5, 5.41) is 6.26. The fourth-order valence-electron chi connectivity index (χ4n) is 2.89. The van der Waals surface area contributed by atoms with E-state index in [4.69, 9.17) is 11.5 Å². The molecule has 7 nitrogen and oxygen atoms in total. The predicted molar refractivity (Wildman–Crippen MR) is 101 cm³/mol. The molecule has 0 saturated carbocycles. The van der Waals surface area contributed by atoms with Crippen LogP contribution in [-0.2, 0) is 0 Å². The maximum atomic E-state index is 13.1. The molecule has 1 aromatic heterocycles. The van der Waals surface area contributed by atoms with Crippen molar-refractivity contribution in [3.8, 4) is 0 Å². The van der Waals surface area contributed by atoms with E-state index in [1.54, 1.807) is 30.4 Å². The lowest BCUT2D eigenvalue weighted by molar-refractivity contribution is 0.0980. The van der Waals surface area contributed by atoms with E-state index in [0.717, 1.165) is 0 Å². The maximum absolute atomic E-state index is 13.1. The quantitative estimate of drug-likeness (QED) is 0.533. The van der Waals surface area contributed by atoms with E-state index in [0.29, 0.717) is 46.7 Å². The molecule has 1 aliphatic rings. The number of hydrogen-bond donors (Lipinski definition) is 4. The van der Waals surface area contributed by atoms with Gasteiger partial charge in [0.15, 0.2) is 11.6 Å². The molecule has 0 atom stereocenters. The van der Waals surface area contributed by atoms with Crippen molar-refractivity contribution in [1.29, 1.82) is 0 Å². The molecule has 2 aromatic rings. The Kier molecular flexibility index (Phi) is 4.98. The van der Waals surface area contributed by atoms with Gasteiger partial charge in [-0.25, -0.2) is 0 Å². The van der Waals surface area contributed by atoms with Crippen LogP contribution >= 0.6 is 0 Å². The molecule has 0 unspecified atom stereocenters. The van der Waals surface area contributed by atoms with Crippen molar-refractivity contribution in [1.82, 2.24) is 4.98 Å². The van der Waals surface area contributed by atoms with Gasteiger partial charge in [0.2, 0.25) is 0 Å². The van der Waals surface area contributed by atoms with E-state index in [9.17, 15) is 9.59 Å². The number of rotatable bonds is 6. The van der Waals surface area contributed by atoms with Crippen molar-refractivity contribution in [2.75, 3.05) is 23.7 Å². The normalized spacial score (nSPS) is 13.1. The Hall–Kier alpha value is -3.61. The van der Waals surface area contributed by atoms with E-state index in [1.807, 2.05) is 0 Å². The Morgan fingerprint density at radius 3 is 1.92 bits per heavy atom. The summed E-state index contributed by atoms with van der Waals surface area (Å²) in [6.07, 6.45) is 9.21. The summed E-state index contributed by atoms with van der Waals surface area (Å²) in [6, 6.07) is 5.11. The van der Waals surface area contributed by atoms with Crippen LogP contribution in [0.3, 0.4) is 0 Å². The Bertz CT molecular complexity index is 844. The van der Waals surface area contributed by atoms with Gasteiger partial charge in [0.1, 0.15) is 0 Å². The van der Waals surface area contributed by atoms with Gasteiger partial charge < -0.3 is 22.1 Å². The molecule has 0 spiro atoms. The number of nitrogens with one attached hydrogen (secondary N) is 2. The fourth-order valence-corrected chi connectivity index (χ4v) is 2.89. The zero-order chi connectivity index (χ0) is 18.5. The molecule has 132 valence electrons. The van der Waals surface area contributed by atoms with Crippen molar-refractivity contribution in [2.24, 2.45) is 11.5 Å². The summed E-state index contributed by atoms with van der Waals surface area (Å²) in [5.74, 6) is -0.450. The lowest BCUT2D eigenvalue weighted by atomic mass is 9.83. The summed E-state index contributed by atoms with van der Waals surface area (Å²) in [4.78, 5) is 30.1. The molecule has 0 saturated heterocycles. The van der Waals surface area contributed by atoms with E-state index in [2.05, 4.69) is 15.6 Å². The summed E-state index contributed by atoms with van der Waals surface area (Å²) >= 11 is 0. The van der Waals surface area contributed by atoms with E-state index in [1.165, 1.54) is 24.8 Å². The second-order valence-corrected chi connectivity index (χ2v) is 5.61. The fraction of sp³-hybridized carbons (Fsp3) is 0.105. The first-order chi connectivity index (χ1) is 12.7. The monoisotopic (exact) mass is 349 g/mol. The van der Waals surface area contributed by atoms with Crippen LogP contribution in [0.1, 0.15) is 31.8 Å². The Balaban J connectivity index is 2.13. The van der Waals surface area contributed by atoms with Crippen LogP contribution in [0.2, 0.25) is 0 Å². The van der Waals surface area contributed by atoms with E-state index in [-0.39, 0.29) is 11.6 Å². The number of aromatic nitrogens is 1. The summed E-state index contributed by atoms with van der Waals surface area (Å²) in [5.41, 5.74) is 13.2. The Labute approximate surface area is 150 Å². The van der Waals surface area contributed by atoms with Crippen molar-refractivity contribution in [3.63, 3.8) is 0 Å². The number of pyridine rings is 1. The molecule has 3 rings (SSSR count). The first kappa shape index (κ1) is 17.2. The number of ketones is 2. The van der Waals surface area contributed by atoms with Gasteiger partial charge >= 0.3 is 0 Å². The predicted octanol–water partition coefficient (Wildman–Crippen LogP) is 1.63. The van der Waals surface area contributed by atoms with Crippen LogP contribution < -0.4 is 22.1 Å². The molecule has 6 N–H and O–H groups in total. The number of carbonyl (C=O) groups is 2. The third-order valence-corrected chi connectivity index (χ3v) is 4.06. The number of anilines is 2. The number of nitrogens with zero attached hydrogens (tertiary/aromatic N) is 1. The van der Waals surface area contributed by atoms with Crippen molar-refractivity contribution >= 4 is 22.9 Å². The van der Waals surface area contributed by atoms with Gasteiger partial charge in [-0.2, -0.15) is 0 Å². The third-order valence-electron chi connectivity index (χ3n) is 4.06. The van der Waals surface area contributed by atoms with Crippen molar-refractivity contribution in [2.45, 2.75) is 0 Å². The van der Waals surface area contributed by atoms with Gasteiger partial charge in [-0.15, -0.1) is 0 Å². The Morgan fingerprint density at radius 2 is 1.38 bits per heavy atom. The highest BCUT2D eigenvalue weighted by molar-refractivity contribution is 6.31. The molecule has 0 aliphatic heterocycles. The molecule has 0 radical (unpaired) electrons.